The van der Waals surface area contributed by atoms with Crippen molar-refractivity contribution in [3.05, 3.63) is 56.2 Å². The van der Waals surface area contributed by atoms with Crippen molar-refractivity contribution >= 4 is 33.8 Å². The maximum absolute atomic E-state index is 13.0. The highest BCUT2D eigenvalue weighted by Gasteiger charge is 2.16. The van der Waals surface area contributed by atoms with Crippen molar-refractivity contribution in [1.29, 1.82) is 0 Å². The fraction of sp³-hybridized carbons (Fsp3) is 0.400. The molecule has 4 aromatic rings. The summed E-state index contributed by atoms with van der Waals surface area (Å²) in [4.78, 5) is 40.6. The van der Waals surface area contributed by atoms with Crippen LogP contribution in [0.25, 0.3) is 22.2 Å². The molecule has 0 radical (unpaired) electrons. The Bertz CT molecular complexity index is 1230. The van der Waals surface area contributed by atoms with E-state index in [1.54, 1.807) is 4.57 Å². The van der Waals surface area contributed by atoms with Crippen molar-refractivity contribution in [2.45, 2.75) is 52.1 Å². The minimum atomic E-state index is -0.388. The molecule has 0 bridgehead atoms. The van der Waals surface area contributed by atoms with Crippen LogP contribution in [-0.4, -0.2) is 29.1 Å². The summed E-state index contributed by atoms with van der Waals surface area (Å²) in [5, 5.41) is 0.112. The van der Waals surface area contributed by atoms with Gasteiger partial charge < -0.3 is 9.97 Å². The molecule has 3 heterocycles. The van der Waals surface area contributed by atoms with Crippen LogP contribution in [0.4, 0.5) is 0 Å². The Morgan fingerprint density at radius 2 is 1.79 bits per heavy atom. The van der Waals surface area contributed by atoms with E-state index < -0.39 is 0 Å². The summed E-state index contributed by atoms with van der Waals surface area (Å²) in [6, 6.07) is 7.82. The van der Waals surface area contributed by atoms with Crippen molar-refractivity contribution < 1.29 is 0 Å². The summed E-state index contributed by atoms with van der Waals surface area (Å²) >= 11 is 5.97. The highest BCUT2D eigenvalue weighted by molar-refractivity contribution is 6.28. The first-order valence-corrected chi connectivity index (χ1v) is 10.3. The first kappa shape index (κ1) is 19.4. The SMILES string of the molecule is CCCCCn1c(=O)n(CCCc2nc3ccccc3[nH]2)c(=O)c2[nH]c(Cl)nc21. The summed E-state index contributed by atoms with van der Waals surface area (Å²) in [6.45, 7) is 2.91. The van der Waals surface area contributed by atoms with Crippen LogP contribution < -0.4 is 11.2 Å². The standard InChI is InChI=1S/C20H23ClN6O2/c1-2-3-6-11-26-17-16(24-19(21)25-17)18(28)27(20(26)29)12-7-10-15-22-13-8-4-5-9-14(13)23-15/h4-5,8-9H,2-3,6-7,10-12H2,1H3,(H,22,23)(H,24,25). The normalized spacial score (nSPS) is 11.7. The highest BCUT2D eigenvalue weighted by Crippen LogP contribution is 2.13. The monoisotopic (exact) mass is 414 g/mol. The Kier molecular flexibility index (Phi) is 5.53. The van der Waals surface area contributed by atoms with Gasteiger partial charge in [-0.15, -0.1) is 0 Å². The second kappa shape index (κ2) is 8.24. The number of nitrogens with zero attached hydrogens (tertiary/aromatic N) is 4. The van der Waals surface area contributed by atoms with Gasteiger partial charge in [0.25, 0.3) is 5.56 Å². The molecule has 152 valence electrons. The molecular weight excluding hydrogens is 392 g/mol. The van der Waals surface area contributed by atoms with E-state index in [1.165, 1.54) is 4.57 Å². The number of rotatable bonds is 8. The Hall–Kier alpha value is -2.87. The van der Waals surface area contributed by atoms with Gasteiger partial charge in [-0.2, -0.15) is 4.98 Å². The minimum absolute atomic E-state index is 0.112. The molecule has 2 N–H and O–H groups in total. The van der Waals surface area contributed by atoms with Crippen LogP contribution in [0.15, 0.2) is 33.9 Å². The van der Waals surface area contributed by atoms with Gasteiger partial charge in [0.15, 0.2) is 11.2 Å². The summed E-state index contributed by atoms with van der Waals surface area (Å²) in [5.74, 6) is 0.841. The van der Waals surface area contributed by atoms with Gasteiger partial charge in [-0.3, -0.25) is 13.9 Å². The molecule has 0 saturated heterocycles. The van der Waals surface area contributed by atoms with Gasteiger partial charge in [0.05, 0.1) is 11.0 Å². The van der Waals surface area contributed by atoms with E-state index in [0.717, 1.165) is 36.1 Å². The molecule has 0 aliphatic heterocycles. The van der Waals surface area contributed by atoms with Crippen molar-refractivity contribution in [3.8, 4) is 0 Å². The van der Waals surface area contributed by atoms with Crippen LogP contribution in [0.3, 0.4) is 0 Å². The number of aromatic amines is 2. The quantitative estimate of drug-likeness (QED) is 0.341. The van der Waals surface area contributed by atoms with Crippen LogP contribution in [0.5, 0.6) is 0 Å². The lowest BCUT2D eigenvalue weighted by molar-refractivity contribution is 0.524. The summed E-state index contributed by atoms with van der Waals surface area (Å²) in [6.07, 6.45) is 4.12. The zero-order chi connectivity index (χ0) is 20.4. The van der Waals surface area contributed by atoms with Crippen LogP contribution in [0.2, 0.25) is 5.28 Å². The molecule has 8 nitrogen and oxygen atoms in total. The average molecular weight is 415 g/mol. The van der Waals surface area contributed by atoms with E-state index in [-0.39, 0.29) is 22.0 Å². The lowest BCUT2D eigenvalue weighted by atomic mass is 10.2. The van der Waals surface area contributed by atoms with Gasteiger partial charge >= 0.3 is 5.69 Å². The summed E-state index contributed by atoms with van der Waals surface area (Å²) < 4.78 is 2.82. The second-order valence-corrected chi connectivity index (χ2v) is 7.49. The molecule has 0 fully saturated rings. The maximum atomic E-state index is 13.0. The fourth-order valence-corrected chi connectivity index (χ4v) is 3.76. The van der Waals surface area contributed by atoms with Crippen molar-refractivity contribution in [2.24, 2.45) is 0 Å². The number of halogens is 1. The molecule has 29 heavy (non-hydrogen) atoms. The molecule has 0 aliphatic carbocycles. The first-order valence-electron chi connectivity index (χ1n) is 9.91. The number of hydrogen-bond acceptors (Lipinski definition) is 4. The molecule has 4 rings (SSSR count). The topological polar surface area (TPSA) is 101 Å². The van der Waals surface area contributed by atoms with Gasteiger partial charge in [0.2, 0.25) is 5.28 Å². The molecule has 0 aliphatic rings. The number of benzene rings is 1. The number of aryl methyl sites for hydroxylation is 2. The lowest BCUT2D eigenvalue weighted by Gasteiger charge is -2.11. The van der Waals surface area contributed by atoms with Crippen molar-refractivity contribution in [2.75, 3.05) is 0 Å². The van der Waals surface area contributed by atoms with Crippen LogP contribution >= 0.6 is 11.6 Å². The third kappa shape index (κ3) is 3.85. The Morgan fingerprint density at radius 3 is 2.59 bits per heavy atom. The molecule has 0 saturated carbocycles. The van der Waals surface area contributed by atoms with E-state index in [4.69, 9.17) is 11.6 Å². The molecule has 0 unspecified atom stereocenters. The predicted molar refractivity (Wildman–Crippen MR) is 114 cm³/mol. The van der Waals surface area contributed by atoms with Crippen LogP contribution in [-0.2, 0) is 19.5 Å². The number of imidazole rings is 2. The zero-order valence-electron chi connectivity index (χ0n) is 16.2. The zero-order valence-corrected chi connectivity index (χ0v) is 17.0. The maximum Gasteiger partial charge on any atom is 0.332 e. The minimum Gasteiger partial charge on any atom is -0.342 e. The van der Waals surface area contributed by atoms with E-state index in [0.29, 0.717) is 31.6 Å². The van der Waals surface area contributed by atoms with E-state index in [9.17, 15) is 9.59 Å². The van der Waals surface area contributed by atoms with Gasteiger partial charge in [-0.1, -0.05) is 31.9 Å². The number of unbranched alkanes of at least 4 members (excludes halogenated alkanes) is 2. The molecular formula is C20H23ClN6O2. The molecule has 9 heteroatoms. The number of para-hydroxylation sites is 2. The number of nitrogens with one attached hydrogen (secondary N) is 2. The van der Waals surface area contributed by atoms with Crippen molar-refractivity contribution in [1.82, 2.24) is 29.1 Å². The summed E-state index contributed by atoms with van der Waals surface area (Å²) in [5.41, 5.74) is 1.76. The van der Waals surface area contributed by atoms with Gasteiger partial charge in [-0.05, 0) is 36.6 Å². The lowest BCUT2D eigenvalue weighted by Crippen LogP contribution is -2.40. The number of aromatic nitrogens is 6. The highest BCUT2D eigenvalue weighted by atomic mass is 35.5. The van der Waals surface area contributed by atoms with Crippen molar-refractivity contribution in [3.63, 3.8) is 0 Å². The van der Waals surface area contributed by atoms with Gasteiger partial charge in [-0.25, -0.2) is 9.78 Å². The average Bonchev–Trinajstić information content (AvgIpc) is 3.30. The fourth-order valence-electron chi connectivity index (χ4n) is 3.59. The Morgan fingerprint density at radius 1 is 1.00 bits per heavy atom. The Balaban J connectivity index is 1.60. The third-order valence-corrected chi connectivity index (χ3v) is 5.23. The van der Waals surface area contributed by atoms with E-state index in [1.807, 2.05) is 24.3 Å². The largest absolute Gasteiger partial charge is 0.342 e. The molecule has 0 atom stereocenters. The molecule has 0 spiro atoms. The van der Waals surface area contributed by atoms with E-state index >= 15 is 0 Å². The molecule has 0 amide bonds. The van der Waals surface area contributed by atoms with Crippen LogP contribution in [0.1, 0.15) is 38.4 Å². The number of fused-ring (bicyclic) bond motifs is 2. The summed E-state index contributed by atoms with van der Waals surface area (Å²) in [7, 11) is 0. The van der Waals surface area contributed by atoms with E-state index in [2.05, 4.69) is 26.9 Å². The predicted octanol–water partition coefficient (Wildman–Crippen LogP) is 3.24. The first-order chi connectivity index (χ1) is 14.1. The van der Waals surface area contributed by atoms with Gasteiger partial charge in [0.1, 0.15) is 5.82 Å². The van der Waals surface area contributed by atoms with Crippen LogP contribution in [0, 0.1) is 0 Å². The second-order valence-electron chi connectivity index (χ2n) is 7.13. The smallest absolute Gasteiger partial charge is 0.332 e. The van der Waals surface area contributed by atoms with Gasteiger partial charge in [0, 0.05) is 19.5 Å². The molecule has 1 aromatic carbocycles. The Labute approximate surface area is 171 Å². The molecule has 3 aromatic heterocycles. The third-order valence-electron chi connectivity index (χ3n) is 5.05. The number of H-pyrrole nitrogens is 2. The number of hydrogen-bond donors (Lipinski definition) is 2.